The first-order valence-electron chi connectivity index (χ1n) is 7.98. The van der Waals surface area contributed by atoms with Crippen molar-refractivity contribution in [2.24, 2.45) is 0 Å². The van der Waals surface area contributed by atoms with Gasteiger partial charge in [0.2, 0.25) is 5.88 Å². The second kappa shape index (κ2) is 6.36. The Morgan fingerprint density at radius 1 is 0.880 bits per heavy atom. The van der Waals surface area contributed by atoms with Crippen LogP contribution in [0.25, 0.3) is 21.8 Å². The molecule has 0 bridgehead atoms. The van der Waals surface area contributed by atoms with Crippen LogP contribution in [0.2, 0.25) is 0 Å². The third-order valence-corrected chi connectivity index (χ3v) is 4.19. The summed E-state index contributed by atoms with van der Waals surface area (Å²) in [5, 5.41) is 2.05. The van der Waals surface area contributed by atoms with Crippen molar-refractivity contribution in [2.45, 2.75) is 6.61 Å². The largest absolute Gasteiger partial charge is 0.493 e. The van der Waals surface area contributed by atoms with E-state index in [-0.39, 0.29) is 0 Å². The highest BCUT2D eigenvalue weighted by molar-refractivity contribution is 6.08. The van der Waals surface area contributed by atoms with Crippen molar-refractivity contribution in [1.29, 1.82) is 0 Å². The van der Waals surface area contributed by atoms with Gasteiger partial charge in [0.1, 0.15) is 6.61 Å². The van der Waals surface area contributed by atoms with Crippen LogP contribution in [0.3, 0.4) is 0 Å². The molecule has 0 aliphatic rings. The first-order chi connectivity index (χ1) is 12.3. The van der Waals surface area contributed by atoms with Gasteiger partial charge in [-0.25, -0.2) is 4.98 Å². The van der Waals surface area contributed by atoms with Crippen LogP contribution >= 0.6 is 0 Å². The van der Waals surface area contributed by atoms with Crippen LogP contribution in [-0.4, -0.2) is 24.2 Å². The number of pyridine rings is 1. The smallest absolute Gasteiger partial charge is 0.215 e. The minimum Gasteiger partial charge on any atom is -0.493 e. The number of nitrogens with one attached hydrogen (secondary N) is 1. The average Bonchev–Trinajstić information content (AvgIpc) is 3.02. The number of aromatic amines is 1. The standard InChI is InChI=1S/C20H18N2O3/c1-23-18-8-14-15-11-21-20(24-2)10-17(15)22-16(14)9-19(18)25-12-13-6-4-3-5-7-13/h3-11,22H,12H2,1-2H3. The van der Waals surface area contributed by atoms with Gasteiger partial charge in [0.25, 0.3) is 0 Å². The fourth-order valence-corrected chi connectivity index (χ4v) is 2.90. The van der Waals surface area contributed by atoms with E-state index in [4.69, 9.17) is 14.2 Å². The van der Waals surface area contributed by atoms with Crippen molar-refractivity contribution in [3.63, 3.8) is 0 Å². The highest BCUT2D eigenvalue weighted by Gasteiger charge is 2.12. The maximum atomic E-state index is 5.98. The Balaban J connectivity index is 1.75. The summed E-state index contributed by atoms with van der Waals surface area (Å²) in [6.45, 7) is 0.484. The molecule has 0 amide bonds. The summed E-state index contributed by atoms with van der Waals surface area (Å²) in [6, 6.07) is 15.9. The predicted molar refractivity (Wildman–Crippen MR) is 97.5 cm³/mol. The number of benzene rings is 2. The normalized spacial score (nSPS) is 11.0. The topological polar surface area (TPSA) is 56.4 Å². The summed E-state index contributed by atoms with van der Waals surface area (Å²) in [6.07, 6.45) is 1.80. The lowest BCUT2D eigenvalue weighted by Gasteiger charge is -2.11. The van der Waals surface area contributed by atoms with Crippen LogP contribution in [0.5, 0.6) is 17.4 Å². The summed E-state index contributed by atoms with van der Waals surface area (Å²) in [5.74, 6) is 1.97. The molecule has 0 saturated carbocycles. The molecule has 1 N–H and O–H groups in total. The van der Waals surface area contributed by atoms with Crippen LogP contribution in [0.15, 0.2) is 54.7 Å². The molecule has 0 aliphatic carbocycles. The van der Waals surface area contributed by atoms with E-state index in [0.29, 0.717) is 24.0 Å². The molecule has 0 saturated heterocycles. The number of aromatic nitrogens is 2. The van der Waals surface area contributed by atoms with Gasteiger partial charge in [-0.15, -0.1) is 0 Å². The van der Waals surface area contributed by atoms with Crippen molar-refractivity contribution >= 4 is 21.8 Å². The highest BCUT2D eigenvalue weighted by atomic mass is 16.5. The van der Waals surface area contributed by atoms with Gasteiger partial charge in [0.15, 0.2) is 11.5 Å². The number of methoxy groups -OCH3 is 2. The van der Waals surface area contributed by atoms with Gasteiger partial charge in [-0.05, 0) is 11.6 Å². The van der Waals surface area contributed by atoms with Gasteiger partial charge >= 0.3 is 0 Å². The van der Waals surface area contributed by atoms with Gasteiger partial charge < -0.3 is 19.2 Å². The van der Waals surface area contributed by atoms with Crippen LogP contribution in [0.1, 0.15) is 5.56 Å². The average molecular weight is 334 g/mol. The molecule has 25 heavy (non-hydrogen) atoms. The van der Waals surface area contributed by atoms with E-state index in [9.17, 15) is 0 Å². The zero-order valence-electron chi connectivity index (χ0n) is 14.1. The molecular formula is C20H18N2O3. The molecule has 2 heterocycles. The maximum Gasteiger partial charge on any atom is 0.215 e. The van der Waals surface area contributed by atoms with Gasteiger partial charge in [-0.3, -0.25) is 0 Å². The van der Waals surface area contributed by atoms with Gasteiger partial charge in [0.05, 0.1) is 25.3 Å². The first kappa shape index (κ1) is 15.3. The van der Waals surface area contributed by atoms with E-state index >= 15 is 0 Å². The van der Waals surface area contributed by atoms with E-state index in [0.717, 1.165) is 27.4 Å². The number of H-pyrrole nitrogens is 1. The number of fused-ring (bicyclic) bond motifs is 3. The Labute approximate surface area is 145 Å². The molecule has 0 spiro atoms. The zero-order chi connectivity index (χ0) is 17.2. The van der Waals surface area contributed by atoms with Crippen LogP contribution in [0, 0.1) is 0 Å². The van der Waals surface area contributed by atoms with E-state index in [1.54, 1.807) is 20.4 Å². The first-order valence-corrected chi connectivity index (χ1v) is 7.98. The van der Waals surface area contributed by atoms with E-state index in [1.165, 1.54) is 0 Å². The highest BCUT2D eigenvalue weighted by Crippen LogP contribution is 2.36. The molecule has 0 aliphatic heterocycles. The number of hydrogen-bond donors (Lipinski definition) is 1. The number of rotatable bonds is 5. The van der Waals surface area contributed by atoms with Crippen LogP contribution in [-0.2, 0) is 6.61 Å². The molecule has 4 aromatic rings. The molecule has 2 aromatic heterocycles. The van der Waals surface area contributed by atoms with Gasteiger partial charge in [0, 0.05) is 29.1 Å². The van der Waals surface area contributed by atoms with E-state index < -0.39 is 0 Å². The lowest BCUT2D eigenvalue weighted by molar-refractivity contribution is 0.285. The fourth-order valence-electron chi connectivity index (χ4n) is 2.90. The zero-order valence-corrected chi connectivity index (χ0v) is 14.1. The minimum absolute atomic E-state index is 0.484. The lowest BCUT2D eigenvalue weighted by Crippen LogP contribution is -1.97. The third-order valence-electron chi connectivity index (χ3n) is 4.19. The summed E-state index contributed by atoms with van der Waals surface area (Å²) >= 11 is 0. The Hall–Kier alpha value is -3.21. The van der Waals surface area contributed by atoms with Crippen molar-refractivity contribution in [2.75, 3.05) is 14.2 Å². The number of nitrogens with zero attached hydrogens (tertiary/aromatic N) is 1. The quantitative estimate of drug-likeness (QED) is 0.591. The van der Waals surface area contributed by atoms with Crippen molar-refractivity contribution < 1.29 is 14.2 Å². The third kappa shape index (κ3) is 2.85. The molecule has 2 aromatic carbocycles. The van der Waals surface area contributed by atoms with Crippen molar-refractivity contribution in [3.8, 4) is 17.4 Å². The van der Waals surface area contributed by atoms with Crippen molar-refractivity contribution in [1.82, 2.24) is 9.97 Å². The molecule has 4 rings (SSSR count). The molecule has 0 atom stereocenters. The minimum atomic E-state index is 0.484. The molecule has 5 nitrogen and oxygen atoms in total. The van der Waals surface area contributed by atoms with E-state index in [1.807, 2.05) is 48.5 Å². The molecule has 0 fully saturated rings. The van der Waals surface area contributed by atoms with Crippen LogP contribution in [0.4, 0.5) is 0 Å². The van der Waals surface area contributed by atoms with Gasteiger partial charge in [-0.1, -0.05) is 30.3 Å². The Morgan fingerprint density at radius 3 is 2.44 bits per heavy atom. The number of hydrogen-bond acceptors (Lipinski definition) is 4. The lowest BCUT2D eigenvalue weighted by atomic mass is 10.2. The SMILES string of the molecule is COc1cc2[nH]c3cc(OCc4ccccc4)c(OC)cc3c2cn1. The van der Waals surface area contributed by atoms with E-state index in [2.05, 4.69) is 9.97 Å². The Kier molecular flexibility index (Phi) is 3.90. The van der Waals surface area contributed by atoms with Crippen molar-refractivity contribution in [3.05, 3.63) is 60.3 Å². The molecule has 0 radical (unpaired) electrons. The maximum absolute atomic E-state index is 5.98. The second-order valence-electron chi connectivity index (χ2n) is 5.72. The summed E-state index contributed by atoms with van der Waals surface area (Å²) < 4.78 is 16.7. The Bertz CT molecular complexity index is 1030. The second-order valence-corrected chi connectivity index (χ2v) is 5.72. The monoisotopic (exact) mass is 334 g/mol. The summed E-state index contributed by atoms with van der Waals surface area (Å²) in [7, 11) is 3.25. The van der Waals surface area contributed by atoms with Gasteiger partial charge in [-0.2, -0.15) is 0 Å². The molecule has 126 valence electrons. The molecule has 5 heteroatoms. The number of ether oxygens (including phenoxy) is 3. The summed E-state index contributed by atoms with van der Waals surface area (Å²) in [5.41, 5.74) is 3.04. The fraction of sp³-hybridized carbons (Fsp3) is 0.150. The molecular weight excluding hydrogens is 316 g/mol. The Morgan fingerprint density at radius 2 is 1.68 bits per heavy atom. The summed E-state index contributed by atoms with van der Waals surface area (Å²) in [4.78, 5) is 7.67. The predicted octanol–water partition coefficient (Wildman–Crippen LogP) is 4.31. The van der Waals surface area contributed by atoms with Crippen LogP contribution < -0.4 is 14.2 Å². The molecule has 0 unspecified atom stereocenters.